The van der Waals surface area contributed by atoms with E-state index in [2.05, 4.69) is 58.2 Å². The van der Waals surface area contributed by atoms with Crippen molar-refractivity contribution in [2.24, 2.45) is 11.8 Å². The van der Waals surface area contributed by atoms with E-state index in [1.807, 2.05) is 17.2 Å². The molecule has 5 rings (SSSR count). The molecule has 7 heteroatoms. The minimum absolute atomic E-state index is 0.223. The number of ether oxygens (including phenoxy) is 1. The Kier molecular flexibility index (Phi) is 9.18. The van der Waals surface area contributed by atoms with Crippen LogP contribution in [0.2, 0.25) is 0 Å². The molecule has 0 saturated carbocycles. The summed E-state index contributed by atoms with van der Waals surface area (Å²) in [6, 6.07) is 10.8. The number of aryl methyl sites for hydroxylation is 1. The Hall–Kier alpha value is -2.64. The van der Waals surface area contributed by atoms with E-state index < -0.39 is 0 Å². The standard InChI is InChI=1S/C31H45N5O2/c1-24(2)11-17-36-29-22-30(32-23-26(29)5-10-31(36)37)33-27-6-8-28(9-7-27)35-15-12-25(13-16-35)4-3-14-34-18-20-38-21-19-34/h6-9,22-25H,3-5,10-21H2,1-2H3,(H,32,33). The molecule has 0 atom stereocenters. The van der Waals surface area contributed by atoms with Crippen molar-refractivity contribution in [2.75, 3.05) is 67.6 Å². The number of anilines is 4. The first kappa shape index (κ1) is 26.9. The predicted molar refractivity (Wildman–Crippen MR) is 156 cm³/mol. The van der Waals surface area contributed by atoms with E-state index in [0.29, 0.717) is 12.3 Å². The lowest BCUT2D eigenvalue weighted by Gasteiger charge is -2.34. The highest BCUT2D eigenvalue weighted by Gasteiger charge is 2.25. The van der Waals surface area contributed by atoms with Crippen LogP contribution in [-0.4, -0.2) is 68.3 Å². The molecule has 1 aromatic heterocycles. The van der Waals surface area contributed by atoms with Crippen molar-refractivity contribution >= 4 is 28.8 Å². The van der Waals surface area contributed by atoms with E-state index in [4.69, 9.17) is 4.74 Å². The van der Waals surface area contributed by atoms with Gasteiger partial charge in [0.1, 0.15) is 5.82 Å². The quantitative estimate of drug-likeness (QED) is 0.449. The number of carbonyl (C=O) groups is 1. The molecule has 2 aromatic rings. The van der Waals surface area contributed by atoms with Crippen LogP contribution in [0, 0.1) is 11.8 Å². The van der Waals surface area contributed by atoms with Crippen molar-refractivity contribution < 1.29 is 9.53 Å². The number of rotatable bonds is 10. The number of piperidine rings is 1. The lowest BCUT2D eigenvalue weighted by atomic mass is 9.92. The number of benzene rings is 1. The van der Waals surface area contributed by atoms with Crippen LogP contribution in [0.5, 0.6) is 0 Å². The summed E-state index contributed by atoms with van der Waals surface area (Å²) in [6.45, 7) is 12.7. The smallest absolute Gasteiger partial charge is 0.227 e. The molecule has 0 unspecified atom stereocenters. The summed E-state index contributed by atoms with van der Waals surface area (Å²) >= 11 is 0. The van der Waals surface area contributed by atoms with Crippen molar-refractivity contribution in [3.63, 3.8) is 0 Å². The first-order valence-electron chi connectivity index (χ1n) is 14.8. The van der Waals surface area contributed by atoms with Crippen molar-refractivity contribution in [1.29, 1.82) is 0 Å². The first-order valence-corrected chi connectivity index (χ1v) is 14.8. The maximum absolute atomic E-state index is 12.6. The first-order chi connectivity index (χ1) is 18.5. The molecular weight excluding hydrogens is 474 g/mol. The molecule has 0 spiro atoms. The van der Waals surface area contributed by atoms with Gasteiger partial charge in [0, 0.05) is 62.8 Å². The van der Waals surface area contributed by atoms with Crippen LogP contribution in [0.3, 0.4) is 0 Å². The van der Waals surface area contributed by atoms with Crippen LogP contribution in [0.25, 0.3) is 0 Å². The normalized spacial score (nSPS) is 19.2. The van der Waals surface area contributed by atoms with Crippen molar-refractivity contribution in [2.45, 2.75) is 58.8 Å². The summed E-state index contributed by atoms with van der Waals surface area (Å²) in [7, 11) is 0. The minimum atomic E-state index is 0.223. The van der Waals surface area contributed by atoms with Crippen LogP contribution >= 0.6 is 0 Å². The van der Waals surface area contributed by atoms with Gasteiger partial charge in [-0.15, -0.1) is 0 Å². The van der Waals surface area contributed by atoms with E-state index in [-0.39, 0.29) is 5.91 Å². The molecule has 1 amide bonds. The van der Waals surface area contributed by atoms with Gasteiger partial charge < -0.3 is 19.9 Å². The Bertz CT molecular complexity index is 1040. The number of nitrogens with one attached hydrogen (secondary N) is 1. The molecule has 3 aliphatic heterocycles. The van der Waals surface area contributed by atoms with E-state index in [0.717, 1.165) is 81.9 Å². The molecule has 2 fully saturated rings. The molecule has 7 nitrogen and oxygen atoms in total. The third kappa shape index (κ3) is 7.06. The van der Waals surface area contributed by atoms with Crippen molar-refractivity contribution in [3.8, 4) is 0 Å². The second-order valence-electron chi connectivity index (χ2n) is 11.6. The Labute approximate surface area is 228 Å². The Morgan fingerprint density at radius 2 is 1.79 bits per heavy atom. The number of nitrogens with zero attached hydrogens (tertiary/aromatic N) is 4. The van der Waals surface area contributed by atoms with Crippen LogP contribution in [-0.2, 0) is 16.0 Å². The predicted octanol–water partition coefficient (Wildman–Crippen LogP) is 5.48. The van der Waals surface area contributed by atoms with Gasteiger partial charge in [0.25, 0.3) is 0 Å². The summed E-state index contributed by atoms with van der Waals surface area (Å²) in [5, 5.41) is 3.46. The molecule has 1 aromatic carbocycles. The topological polar surface area (TPSA) is 60.9 Å². The van der Waals surface area contributed by atoms with Crippen molar-refractivity contribution in [1.82, 2.24) is 9.88 Å². The molecule has 38 heavy (non-hydrogen) atoms. The highest BCUT2D eigenvalue weighted by Crippen LogP contribution is 2.32. The molecular formula is C31H45N5O2. The van der Waals surface area contributed by atoms with E-state index in [1.165, 1.54) is 43.5 Å². The number of fused-ring (bicyclic) bond motifs is 1. The van der Waals surface area contributed by atoms with Crippen LogP contribution in [0.4, 0.5) is 22.9 Å². The molecule has 3 aliphatic rings. The highest BCUT2D eigenvalue weighted by atomic mass is 16.5. The number of pyridine rings is 1. The van der Waals surface area contributed by atoms with Gasteiger partial charge in [-0.3, -0.25) is 9.69 Å². The fourth-order valence-corrected chi connectivity index (χ4v) is 5.94. The second-order valence-corrected chi connectivity index (χ2v) is 11.6. The maximum atomic E-state index is 12.6. The van der Waals surface area contributed by atoms with Gasteiger partial charge in [-0.05, 0) is 86.7 Å². The average molecular weight is 520 g/mol. The molecule has 0 bridgehead atoms. The Morgan fingerprint density at radius 3 is 2.53 bits per heavy atom. The Balaban J connectivity index is 1.11. The lowest BCUT2D eigenvalue weighted by molar-refractivity contribution is -0.118. The van der Waals surface area contributed by atoms with Crippen LogP contribution in [0.1, 0.15) is 57.9 Å². The third-order valence-electron chi connectivity index (χ3n) is 8.40. The second kappa shape index (κ2) is 12.9. The molecule has 2 saturated heterocycles. The van der Waals surface area contributed by atoms with Gasteiger partial charge >= 0.3 is 0 Å². The van der Waals surface area contributed by atoms with Crippen LogP contribution < -0.4 is 15.1 Å². The van der Waals surface area contributed by atoms with E-state index >= 15 is 0 Å². The van der Waals surface area contributed by atoms with Gasteiger partial charge in [0.15, 0.2) is 0 Å². The number of hydrogen-bond donors (Lipinski definition) is 1. The zero-order valence-corrected chi connectivity index (χ0v) is 23.3. The van der Waals surface area contributed by atoms with Gasteiger partial charge in [-0.2, -0.15) is 0 Å². The number of carbonyl (C=O) groups excluding carboxylic acids is 1. The molecule has 0 radical (unpaired) electrons. The summed E-state index contributed by atoms with van der Waals surface area (Å²) in [5.74, 6) is 2.44. The molecule has 206 valence electrons. The lowest BCUT2D eigenvalue weighted by Crippen LogP contribution is -2.37. The van der Waals surface area contributed by atoms with Gasteiger partial charge in [-0.25, -0.2) is 4.98 Å². The van der Waals surface area contributed by atoms with E-state index in [9.17, 15) is 4.79 Å². The van der Waals surface area contributed by atoms with Gasteiger partial charge in [0.05, 0.1) is 18.9 Å². The Morgan fingerprint density at radius 1 is 1.03 bits per heavy atom. The number of hydrogen-bond acceptors (Lipinski definition) is 6. The highest BCUT2D eigenvalue weighted by molar-refractivity contribution is 5.96. The zero-order chi connectivity index (χ0) is 26.3. The third-order valence-corrected chi connectivity index (χ3v) is 8.40. The molecule has 0 aliphatic carbocycles. The summed E-state index contributed by atoms with van der Waals surface area (Å²) in [5.41, 5.74) is 4.50. The maximum Gasteiger partial charge on any atom is 0.227 e. The van der Waals surface area contributed by atoms with Gasteiger partial charge in [0.2, 0.25) is 5.91 Å². The molecule has 1 N–H and O–H groups in total. The fourth-order valence-electron chi connectivity index (χ4n) is 5.94. The summed E-state index contributed by atoms with van der Waals surface area (Å²) in [4.78, 5) is 24.3. The summed E-state index contributed by atoms with van der Waals surface area (Å²) in [6.07, 6.45) is 9.52. The van der Waals surface area contributed by atoms with E-state index in [1.54, 1.807) is 0 Å². The average Bonchev–Trinajstić information content (AvgIpc) is 2.94. The summed E-state index contributed by atoms with van der Waals surface area (Å²) < 4.78 is 5.46. The fraction of sp³-hybridized carbons (Fsp3) is 0.613. The van der Waals surface area contributed by atoms with Crippen molar-refractivity contribution in [3.05, 3.63) is 42.1 Å². The van der Waals surface area contributed by atoms with Gasteiger partial charge in [-0.1, -0.05) is 13.8 Å². The molecule has 4 heterocycles. The monoisotopic (exact) mass is 519 g/mol. The zero-order valence-electron chi connectivity index (χ0n) is 23.3. The van der Waals surface area contributed by atoms with Crippen LogP contribution in [0.15, 0.2) is 36.5 Å². The number of amides is 1. The SMILES string of the molecule is CC(C)CCN1C(=O)CCc2cnc(Nc3ccc(N4CCC(CCCN5CCOCC5)CC4)cc3)cc21. The number of aromatic nitrogens is 1. The minimum Gasteiger partial charge on any atom is -0.379 e. The largest absolute Gasteiger partial charge is 0.379 e. The number of morpholine rings is 1.